The van der Waals surface area contributed by atoms with Crippen LogP contribution in [0.25, 0.3) is 0 Å². The second-order valence-corrected chi connectivity index (χ2v) is 10.4. The van der Waals surface area contributed by atoms with E-state index >= 15 is 0 Å². The number of hydrogen-bond donors (Lipinski definition) is 1. The predicted molar refractivity (Wildman–Crippen MR) is 124 cm³/mol. The van der Waals surface area contributed by atoms with Crippen molar-refractivity contribution in [2.24, 2.45) is 11.8 Å². The minimum atomic E-state index is -1.13. The van der Waals surface area contributed by atoms with Crippen molar-refractivity contribution in [3.63, 3.8) is 0 Å². The Morgan fingerprint density at radius 1 is 1.06 bits per heavy atom. The summed E-state index contributed by atoms with van der Waals surface area (Å²) in [6.07, 6.45) is 1.73. The molecule has 3 saturated heterocycles. The maximum absolute atomic E-state index is 14.0. The van der Waals surface area contributed by atoms with E-state index in [1.807, 2.05) is 51.1 Å². The lowest BCUT2D eigenvalue weighted by Crippen LogP contribution is -2.54. The monoisotopic (exact) mass is 493 g/mol. The summed E-state index contributed by atoms with van der Waals surface area (Å²) < 4.78 is 0.708. The van der Waals surface area contributed by atoms with E-state index in [4.69, 9.17) is 0 Å². The Morgan fingerprint density at radius 2 is 1.84 bits per heavy atom. The number of rotatable bonds is 1. The maximum atomic E-state index is 14.0. The van der Waals surface area contributed by atoms with Gasteiger partial charge in [0.2, 0.25) is 17.7 Å². The molecule has 0 bridgehead atoms. The number of fused-ring (bicyclic) bond motifs is 7. The van der Waals surface area contributed by atoms with Crippen LogP contribution in [0, 0.1) is 32.6 Å². The number of hydrogen-bond acceptors (Lipinski definition) is 4. The van der Waals surface area contributed by atoms with Crippen molar-refractivity contribution in [3.05, 3.63) is 57.1 Å². The summed E-state index contributed by atoms with van der Waals surface area (Å²) in [6, 6.07) is 9.51. The molecule has 0 aliphatic carbocycles. The molecule has 164 valence electrons. The molecule has 2 aromatic rings. The van der Waals surface area contributed by atoms with Crippen LogP contribution in [0.4, 0.5) is 11.4 Å². The van der Waals surface area contributed by atoms with Crippen LogP contribution in [-0.4, -0.2) is 35.2 Å². The minimum absolute atomic E-state index is 0.107. The second kappa shape index (κ2) is 6.51. The molecule has 4 atom stereocenters. The zero-order valence-electron chi connectivity index (χ0n) is 18.2. The minimum Gasteiger partial charge on any atom is -0.324 e. The summed E-state index contributed by atoms with van der Waals surface area (Å²) in [5.41, 5.74) is 4.21. The molecule has 7 heteroatoms. The Morgan fingerprint density at radius 3 is 2.59 bits per heavy atom. The van der Waals surface area contributed by atoms with Crippen LogP contribution in [0.2, 0.25) is 0 Å². The fourth-order valence-electron chi connectivity index (χ4n) is 6.55. The molecule has 2 aromatic carbocycles. The maximum Gasteiger partial charge on any atom is 0.250 e. The predicted octanol–water partition coefficient (Wildman–Crippen LogP) is 3.81. The average molecular weight is 494 g/mol. The molecule has 6 nitrogen and oxygen atoms in total. The number of amides is 3. The standard InChI is InChI=1S/C25H24BrN3O3/c1-12-6-9-17(16(26)11-12)29-22(30)19-18-5-4-10-28(18)25(20(19)23(29)31)15-8-7-13(2)14(3)21(15)27-24(25)32/h6-9,11,18-20H,4-5,10H2,1-3H3,(H,27,32)/t18-,19+,20-,25+/m0/s1. The fourth-order valence-corrected chi connectivity index (χ4v) is 7.22. The number of halogens is 1. The van der Waals surface area contributed by atoms with Crippen LogP contribution in [0.15, 0.2) is 34.8 Å². The lowest BCUT2D eigenvalue weighted by atomic mass is 9.75. The van der Waals surface area contributed by atoms with Crippen molar-refractivity contribution in [1.82, 2.24) is 4.90 Å². The van der Waals surface area contributed by atoms with E-state index in [1.165, 1.54) is 4.90 Å². The zero-order valence-corrected chi connectivity index (χ0v) is 19.8. The van der Waals surface area contributed by atoms with Crippen LogP contribution in [0.5, 0.6) is 0 Å². The van der Waals surface area contributed by atoms with Gasteiger partial charge >= 0.3 is 0 Å². The SMILES string of the molecule is Cc1ccc(N2C(=O)[C@H]3[C@@H](C2=O)[C@]2(C(=O)Nc4c2ccc(C)c4C)N2CCC[C@@H]32)c(Br)c1. The molecule has 4 aliphatic rings. The first-order valence-corrected chi connectivity index (χ1v) is 11.9. The van der Waals surface area contributed by atoms with Gasteiger partial charge in [-0.05, 0) is 84.9 Å². The Bertz CT molecular complexity index is 1240. The number of aryl methyl sites for hydroxylation is 2. The van der Waals surface area contributed by atoms with E-state index in [-0.39, 0.29) is 23.8 Å². The van der Waals surface area contributed by atoms with Crippen molar-refractivity contribution in [1.29, 1.82) is 0 Å². The number of nitrogens with one attached hydrogen (secondary N) is 1. The summed E-state index contributed by atoms with van der Waals surface area (Å²) in [5.74, 6) is -1.89. The number of imide groups is 1. The molecule has 3 fully saturated rings. The number of nitrogens with zero attached hydrogens (tertiary/aromatic N) is 2. The highest BCUT2D eigenvalue weighted by Gasteiger charge is 2.74. The molecule has 1 N–H and O–H groups in total. The topological polar surface area (TPSA) is 69.7 Å². The quantitative estimate of drug-likeness (QED) is 0.613. The van der Waals surface area contributed by atoms with Gasteiger partial charge in [0.05, 0.1) is 17.5 Å². The smallest absolute Gasteiger partial charge is 0.250 e. The molecule has 4 heterocycles. The van der Waals surface area contributed by atoms with Gasteiger partial charge in [0.1, 0.15) is 5.54 Å². The van der Waals surface area contributed by atoms with Crippen LogP contribution < -0.4 is 10.2 Å². The van der Waals surface area contributed by atoms with Crippen molar-refractivity contribution in [2.45, 2.75) is 45.2 Å². The van der Waals surface area contributed by atoms with E-state index in [1.54, 1.807) is 0 Å². The van der Waals surface area contributed by atoms with Crippen molar-refractivity contribution >= 4 is 45.0 Å². The van der Waals surface area contributed by atoms with Gasteiger partial charge in [-0.2, -0.15) is 0 Å². The third kappa shape index (κ3) is 2.21. The Hall–Kier alpha value is -2.51. The third-order valence-electron chi connectivity index (χ3n) is 8.04. The number of carbonyl (C=O) groups excluding carboxylic acids is 3. The normalized spacial score (nSPS) is 30.8. The van der Waals surface area contributed by atoms with E-state index in [9.17, 15) is 14.4 Å². The van der Waals surface area contributed by atoms with Gasteiger partial charge < -0.3 is 5.32 Å². The average Bonchev–Trinajstić information content (AvgIpc) is 3.45. The van der Waals surface area contributed by atoms with Crippen LogP contribution in [0.3, 0.4) is 0 Å². The number of anilines is 2. The lowest BCUT2D eigenvalue weighted by Gasteiger charge is -2.36. The van der Waals surface area contributed by atoms with E-state index in [2.05, 4.69) is 26.1 Å². The number of benzene rings is 2. The first kappa shape index (κ1) is 20.1. The van der Waals surface area contributed by atoms with E-state index in [0.29, 0.717) is 16.7 Å². The summed E-state index contributed by atoms with van der Waals surface area (Å²) in [4.78, 5) is 45.0. The molecule has 6 rings (SSSR count). The van der Waals surface area contributed by atoms with Crippen molar-refractivity contribution in [3.8, 4) is 0 Å². The largest absolute Gasteiger partial charge is 0.324 e. The molecule has 1 spiro atoms. The molecule has 0 radical (unpaired) electrons. The van der Waals surface area contributed by atoms with Gasteiger partial charge in [0.25, 0.3) is 0 Å². The van der Waals surface area contributed by atoms with Crippen LogP contribution in [0.1, 0.15) is 35.1 Å². The summed E-state index contributed by atoms with van der Waals surface area (Å²) in [6.45, 7) is 6.70. The fraction of sp³-hybridized carbons (Fsp3) is 0.400. The molecule has 0 saturated carbocycles. The van der Waals surface area contributed by atoms with Gasteiger partial charge in [0, 0.05) is 21.8 Å². The highest BCUT2D eigenvalue weighted by molar-refractivity contribution is 9.10. The Balaban J connectivity index is 1.57. The van der Waals surface area contributed by atoms with Gasteiger partial charge in [-0.15, -0.1) is 0 Å². The highest BCUT2D eigenvalue weighted by atomic mass is 79.9. The van der Waals surface area contributed by atoms with Gasteiger partial charge in [-0.25, -0.2) is 4.90 Å². The van der Waals surface area contributed by atoms with Gasteiger partial charge in [-0.1, -0.05) is 18.2 Å². The van der Waals surface area contributed by atoms with Crippen LogP contribution >= 0.6 is 15.9 Å². The first-order chi connectivity index (χ1) is 15.3. The molecular weight excluding hydrogens is 470 g/mol. The molecule has 3 amide bonds. The summed E-state index contributed by atoms with van der Waals surface area (Å²) >= 11 is 3.54. The van der Waals surface area contributed by atoms with E-state index in [0.717, 1.165) is 40.8 Å². The molecule has 32 heavy (non-hydrogen) atoms. The highest BCUT2D eigenvalue weighted by Crippen LogP contribution is 2.61. The molecule has 0 unspecified atom stereocenters. The Labute approximate surface area is 195 Å². The molecule has 4 aliphatic heterocycles. The molecule has 0 aromatic heterocycles. The second-order valence-electron chi connectivity index (χ2n) is 9.52. The van der Waals surface area contributed by atoms with Gasteiger partial charge in [-0.3, -0.25) is 19.3 Å². The van der Waals surface area contributed by atoms with Crippen molar-refractivity contribution < 1.29 is 14.4 Å². The molecular formula is C25H24BrN3O3. The van der Waals surface area contributed by atoms with Gasteiger partial charge in [0.15, 0.2) is 0 Å². The van der Waals surface area contributed by atoms with Crippen LogP contribution in [-0.2, 0) is 19.9 Å². The summed E-state index contributed by atoms with van der Waals surface area (Å²) in [5, 5.41) is 3.10. The first-order valence-electron chi connectivity index (χ1n) is 11.1. The zero-order chi connectivity index (χ0) is 22.5. The van der Waals surface area contributed by atoms with Crippen molar-refractivity contribution in [2.75, 3.05) is 16.8 Å². The lowest BCUT2D eigenvalue weighted by molar-refractivity contribution is -0.135. The Kier molecular flexibility index (Phi) is 4.10. The van der Waals surface area contributed by atoms with E-state index < -0.39 is 17.4 Å². The third-order valence-corrected chi connectivity index (χ3v) is 8.68. The number of carbonyl (C=O) groups is 3. The summed E-state index contributed by atoms with van der Waals surface area (Å²) in [7, 11) is 0.